The van der Waals surface area contributed by atoms with Crippen molar-refractivity contribution in [3.63, 3.8) is 0 Å². The van der Waals surface area contributed by atoms with Crippen molar-refractivity contribution in [1.29, 1.82) is 0 Å². The van der Waals surface area contributed by atoms with E-state index in [0.29, 0.717) is 12.1 Å². The van der Waals surface area contributed by atoms with Gasteiger partial charge < -0.3 is 10.0 Å². The zero-order chi connectivity index (χ0) is 22.2. The van der Waals surface area contributed by atoms with E-state index in [1.54, 1.807) is 30.1 Å². The van der Waals surface area contributed by atoms with Crippen molar-refractivity contribution in [1.82, 2.24) is 4.90 Å². The zero-order valence-corrected chi connectivity index (χ0v) is 18.9. The number of carbonyl (C=O) groups is 1. The van der Waals surface area contributed by atoms with Crippen LogP contribution in [0.1, 0.15) is 28.9 Å². The number of rotatable bonds is 6. The lowest BCUT2D eigenvalue weighted by Gasteiger charge is -2.29. The van der Waals surface area contributed by atoms with E-state index in [2.05, 4.69) is 4.72 Å². The number of hydrogen-bond donors (Lipinski definition) is 2. The van der Waals surface area contributed by atoms with Crippen LogP contribution in [0.2, 0.25) is 0 Å². The molecule has 162 valence electrons. The quantitative estimate of drug-likeness (QED) is 0.590. The Balaban J connectivity index is 1.61. The summed E-state index contributed by atoms with van der Waals surface area (Å²) in [4.78, 5) is 15.8. The predicted octanol–water partition coefficient (Wildman–Crippen LogP) is 3.83. The second-order valence-corrected chi connectivity index (χ2v) is 10.7. The van der Waals surface area contributed by atoms with Crippen LogP contribution in [0.4, 0.5) is 5.69 Å². The Labute approximate surface area is 186 Å². The number of aliphatic hydroxyl groups excluding tert-OH is 1. The third-order valence-corrected chi connectivity index (χ3v) is 7.38. The molecule has 2 heterocycles. The summed E-state index contributed by atoms with van der Waals surface area (Å²) in [5.41, 5.74) is 2.38. The van der Waals surface area contributed by atoms with E-state index in [-0.39, 0.29) is 17.9 Å². The minimum absolute atomic E-state index is 0.0224. The highest BCUT2D eigenvalue weighted by Crippen LogP contribution is 2.42. The topological polar surface area (TPSA) is 86.7 Å². The van der Waals surface area contributed by atoms with Crippen molar-refractivity contribution in [3.05, 3.63) is 77.2 Å². The number of thiophene rings is 1. The number of sulfonamides is 1. The minimum atomic E-state index is -3.36. The molecule has 3 atom stereocenters. The Morgan fingerprint density at radius 3 is 2.55 bits per heavy atom. The molecule has 6 nitrogen and oxygen atoms in total. The van der Waals surface area contributed by atoms with Gasteiger partial charge in [-0.15, -0.1) is 11.3 Å². The van der Waals surface area contributed by atoms with Gasteiger partial charge in [0.05, 0.1) is 12.3 Å². The molecule has 1 fully saturated rings. The second kappa shape index (κ2) is 8.45. The molecule has 4 rings (SSSR count). The maximum absolute atomic E-state index is 12.4. The number of nitrogens with one attached hydrogen (secondary N) is 1. The summed E-state index contributed by atoms with van der Waals surface area (Å²) in [6.07, 6.45) is 0.666. The number of anilines is 1. The second-order valence-electron chi connectivity index (χ2n) is 7.82. The van der Waals surface area contributed by atoms with Crippen LogP contribution in [0.5, 0.6) is 0 Å². The van der Waals surface area contributed by atoms with Crippen LogP contribution in [0.15, 0.2) is 66.7 Å². The number of likely N-dealkylation sites (N-methyl/N-ethyl adjacent to an activating group) is 1. The highest BCUT2D eigenvalue weighted by atomic mass is 32.2. The van der Waals surface area contributed by atoms with Crippen LogP contribution in [-0.2, 0) is 14.8 Å². The highest BCUT2D eigenvalue weighted by molar-refractivity contribution is 7.92. The molecule has 0 unspecified atom stereocenters. The molecule has 0 aliphatic carbocycles. The minimum Gasteiger partial charge on any atom is -0.385 e. The van der Waals surface area contributed by atoms with Gasteiger partial charge in [-0.3, -0.25) is 9.52 Å². The number of carbonyl (C=O) groups excluding carboxylic acids is 1. The molecule has 2 aromatic carbocycles. The molecule has 0 radical (unpaired) electrons. The molecule has 31 heavy (non-hydrogen) atoms. The molecule has 0 bridgehead atoms. The summed E-state index contributed by atoms with van der Waals surface area (Å²) >= 11 is 1.44. The van der Waals surface area contributed by atoms with Crippen LogP contribution < -0.4 is 4.72 Å². The Kier molecular flexibility index (Phi) is 5.88. The molecule has 8 heteroatoms. The smallest absolute Gasteiger partial charge is 0.229 e. The molecule has 0 saturated carbocycles. The fraction of sp³-hybridized carbons (Fsp3) is 0.261. The van der Waals surface area contributed by atoms with Crippen LogP contribution in [0.3, 0.4) is 0 Å². The van der Waals surface area contributed by atoms with Gasteiger partial charge in [0.15, 0.2) is 0 Å². The maximum atomic E-state index is 12.4. The highest BCUT2D eigenvalue weighted by Gasteiger charge is 2.43. The summed E-state index contributed by atoms with van der Waals surface area (Å²) in [5, 5.41) is 11.2. The van der Waals surface area contributed by atoms with E-state index in [9.17, 15) is 18.3 Å². The Morgan fingerprint density at radius 1 is 1.10 bits per heavy atom. The average molecular weight is 457 g/mol. The van der Waals surface area contributed by atoms with Gasteiger partial charge in [0.2, 0.25) is 15.9 Å². The predicted molar refractivity (Wildman–Crippen MR) is 124 cm³/mol. The van der Waals surface area contributed by atoms with Crippen molar-refractivity contribution in [3.8, 4) is 10.4 Å². The van der Waals surface area contributed by atoms with Crippen molar-refractivity contribution in [2.75, 3.05) is 18.0 Å². The molecular formula is C23H24N2O4S2. The molecule has 1 aromatic heterocycles. The first-order valence-corrected chi connectivity index (χ1v) is 12.6. The third kappa shape index (κ3) is 4.66. The molecule has 0 spiro atoms. The largest absolute Gasteiger partial charge is 0.385 e. The summed E-state index contributed by atoms with van der Waals surface area (Å²) in [6.45, 7) is 0. The normalized spacial score (nSPS) is 20.1. The van der Waals surface area contributed by atoms with E-state index in [1.165, 1.54) is 11.3 Å². The van der Waals surface area contributed by atoms with Gasteiger partial charge in [0, 0.05) is 34.8 Å². The van der Waals surface area contributed by atoms with Crippen LogP contribution in [0.25, 0.3) is 10.4 Å². The summed E-state index contributed by atoms with van der Waals surface area (Å²) in [5.74, 6) is -0.0595. The summed E-state index contributed by atoms with van der Waals surface area (Å²) in [7, 11) is -1.62. The average Bonchev–Trinajstić information content (AvgIpc) is 3.33. The molecule has 1 aliphatic heterocycles. The van der Waals surface area contributed by atoms with Gasteiger partial charge in [-0.25, -0.2) is 8.42 Å². The lowest BCUT2D eigenvalue weighted by molar-refractivity contribution is -0.128. The van der Waals surface area contributed by atoms with Gasteiger partial charge in [-0.05, 0) is 35.4 Å². The van der Waals surface area contributed by atoms with Crippen LogP contribution in [0, 0.1) is 0 Å². The van der Waals surface area contributed by atoms with Crippen molar-refractivity contribution < 1.29 is 18.3 Å². The van der Waals surface area contributed by atoms with Gasteiger partial charge in [-0.1, -0.05) is 42.5 Å². The molecule has 1 saturated heterocycles. The standard InChI is InChI=1S/C23H24N2O4S2/c1-25-21(26)14-18(15-7-4-3-5-8-15)22(25)23(27)20-12-11-19(30-20)16-9-6-10-17(13-16)24-31(2,28)29/h3-13,18,22-24,27H,14H2,1-2H3/t18-,22-,23-/m1/s1. The number of nitrogens with zero attached hydrogens (tertiary/aromatic N) is 1. The molecule has 1 amide bonds. The number of likely N-dealkylation sites (tertiary alicyclic amines) is 1. The molecular weight excluding hydrogens is 432 g/mol. The zero-order valence-electron chi connectivity index (χ0n) is 17.2. The first-order chi connectivity index (χ1) is 14.7. The van der Waals surface area contributed by atoms with Crippen molar-refractivity contribution in [2.24, 2.45) is 0 Å². The fourth-order valence-corrected chi connectivity index (χ4v) is 5.71. The lowest BCUT2D eigenvalue weighted by Crippen LogP contribution is -2.36. The number of aliphatic hydroxyl groups is 1. The van der Waals surface area contributed by atoms with Crippen LogP contribution >= 0.6 is 11.3 Å². The van der Waals surface area contributed by atoms with Gasteiger partial charge in [0.25, 0.3) is 0 Å². The Hall–Kier alpha value is -2.68. The van der Waals surface area contributed by atoms with E-state index >= 15 is 0 Å². The maximum Gasteiger partial charge on any atom is 0.229 e. The van der Waals surface area contributed by atoms with E-state index in [0.717, 1.165) is 27.1 Å². The van der Waals surface area contributed by atoms with Gasteiger partial charge in [0.1, 0.15) is 6.10 Å². The third-order valence-electron chi connectivity index (χ3n) is 5.57. The van der Waals surface area contributed by atoms with Gasteiger partial charge >= 0.3 is 0 Å². The van der Waals surface area contributed by atoms with E-state index in [4.69, 9.17) is 0 Å². The monoisotopic (exact) mass is 456 g/mol. The number of hydrogen-bond acceptors (Lipinski definition) is 5. The van der Waals surface area contributed by atoms with Crippen molar-refractivity contribution >= 4 is 33.0 Å². The number of benzene rings is 2. The number of amides is 1. The lowest BCUT2D eigenvalue weighted by atomic mass is 9.88. The Bertz CT molecular complexity index is 1190. The van der Waals surface area contributed by atoms with Crippen LogP contribution in [-0.4, -0.2) is 43.7 Å². The van der Waals surface area contributed by atoms with Gasteiger partial charge in [-0.2, -0.15) is 0 Å². The SMILES string of the molecule is CN1C(=O)C[C@H](c2ccccc2)[C@@H]1[C@H](O)c1ccc(-c2cccc(NS(C)(=O)=O)c2)s1. The summed E-state index contributed by atoms with van der Waals surface area (Å²) < 4.78 is 25.5. The van der Waals surface area contributed by atoms with E-state index < -0.39 is 16.1 Å². The summed E-state index contributed by atoms with van der Waals surface area (Å²) in [6, 6.07) is 20.4. The van der Waals surface area contributed by atoms with Crippen molar-refractivity contribution in [2.45, 2.75) is 24.5 Å². The molecule has 3 aromatic rings. The first kappa shape index (κ1) is 21.5. The molecule has 1 aliphatic rings. The Morgan fingerprint density at radius 2 is 1.84 bits per heavy atom. The van der Waals surface area contributed by atoms with E-state index in [1.807, 2.05) is 48.5 Å². The molecule has 2 N–H and O–H groups in total. The fourth-order valence-electron chi connectivity index (χ4n) is 4.12. The first-order valence-electron chi connectivity index (χ1n) is 9.89.